The first-order chi connectivity index (χ1) is 12.7. The van der Waals surface area contributed by atoms with E-state index >= 15 is 0 Å². The summed E-state index contributed by atoms with van der Waals surface area (Å²) >= 11 is 0. The van der Waals surface area contributed by atoms with Gasteiger partial charge in [-0.3, -0.25) is 9.78 Å². The maximum absolute atomic E-state index is 11.9. The minimum atomic E-state index is -0.0104. The van der Waals surface area contributed by atoms with Gasteiger partial charge in [0.25, 0.3) is 0 Å². The first-order valence-corrected chi connectivity index (χ1v) is 8.37. The van der Waals surface area contributed by atoms with Crippen LogP contribution in [0.3, 0.4) is 0 Å². The van der Waals surface area contributed by atoms with Crippen molar-refractivity contribution in [3.05, 3.63) is 60.2 Å². The third-order valence-electron chi connectivity index (χ3n) is 3.82. The van der Waals surface area contributed by atoms with Crippen molar-refractivity contribution in [2.24, 2.45) is 0 Å². The van der Waals surface area contributed by atoms with E-state index in [0.29, 0.717) is 37.5 Å². The Kier molecular flexibility index (Phi) is 5.92. The number of aromatic nitrogens is 3. The maximum Gasteiger partial charge on any atom is 0.226 e. The molecule has 0 aliphatic heterocycles. The Hall–Kier alpha value is -3.22. The number of carbonyl (C=O) groups excluding carboxylic acids is 1. The van der Waals surface area contributed by atoms with Gasteiger partial charge in [0.15, 0.2) is 0 Å². The number of benzene rings is 1. The zero-order valence-corrected chi connectivity index (χ0v) is 14.5. The summed E-state index contributed by atoms with van der Waals surface area (Å²) in [5, 5.41) is 6.85. The number of carbonyl (C=O) groups is 1. The predicted octanol–water partition coefficient (Wildman–Crippen LogP) is 2.78. The molecule has 2 heterocycles. The Morgan fingerprint density at radius 2 is 2.08 bits per heavy atom. The summed E-state index contributed by atoms with van der Waals surface area (Å²) in [4.78, 5) is 20.3. The molecule has 0 aliphatic carbocycles. The number of amides is 1. The van der Waals surface area contributed by atoms with Crippen LogP contribution in [0.5, 0.6) is 5.75 Å². The molecular formula is C19H20N4O3. The second-order valence-corrected chi connectivity index (χ2v) is 5.73. The van der Waals surface area contributed by atoms with Gasteiger partial charge in [0, 0.05) is 37.3 Å². The lowest BCUT2D eigenvalue weighted by molar-refractivity contribution is -0.121. The maximum atomic E-state index is 11.9. The topological polar surface area (TPSA) is 90.1 Å². The second kappa shape index (κ2) is 8.75. The highest BCUT2D eigenvalue weighted by Gasteiger charge is 2.10. The van der Waals surface area contributed by atoms with Gasteiger partial charge < -0.3 is 14.6 Å². The van der Waals surface area contributed by atoms with E-state index in [1.54, 1.807) is 19.5 Å². The van der Waals surface area contributed by atoms with E-state index in [1.807, 2.05) is 36.4 Å². The average molecular weight is 352 g/mol. The van der Waals surface area contributed by atoms with E-state index in [2.05, 4.69) is 20.4 Å². The number of pyridine rings is 1. The molecule has 134 valence electrons. The molecule has 1 N–H and O–H groups in total. The third-order valence-corrected chi connectivity index (χ3v) is 3.82. The van der Waals surface area contributed by atoms with E-state index in [0.717, 1.165) is 16.9 Å². The van der Waals surface area contributed by atoms with E-state index < -0.39 is 0 Å². The van der Waals surface area contributed by atoms with Crippen molar-refractivity contribution in [3.8, 4) is 17.1 Å². The van der Waals surface area contributed by atoms with E-state index in [9.17, 15) is 4.79 Å². The molecule has 3 aromatic rings. The van der Waals surface area contributed by atoms with Gasteiger partial charge in [0.2, 0.25) is 17.6 Å². The zero-order valence-electron chi connectivity index (χ0n) is 14.5. The number of nitrogens with zero attached hydrogens (tertiary/aromatic N) is 3. The number of nitrogens with one attached hydrogen (secondary N) is 1. The number of hydrogen-bond donors (Lipinski definition) is 1. The number of methoxy groups -OCH3 is 1. The van der Waals surface area contributed by atoms with E-state index in [-0.39, 0.29) is 5.91 Å². The number of hydrogen-bond acceptors (Lipinski definition) is 6. The van der Waals surface area contributed by atoms with E-state index in [4.69, 9.17) is 9.26 Å². The summed E-state index contributed by atoms with van der Waals surface area (Å²) in [7, 11) is 1.62. The smallest absolute Gasteiger partial charge is 0.226 e. The standard InChI is InChI=1S/C19H20N4O3/c1-25-16-9-7-15(8-10-16)19-22-18(26-23-19)6-2-5-17(24)21-13-14-4-3-11-20-12-14/h3-4,7-12H,2,5-6,13H2,1H3,(H,21,24). The fourth-order valence-corrected chi connectivity index (χ4v) is 2.41. The van der Waals surface area contributed by atoms with Crippen LogP contribution >= 0.6 is 0 Å². The molecule has 0 saturated heterocycles. The molecule has 0 bridgehead atoms. The highest BCUT2D eigenvalue weighted by Crippen LogP contribution is 2.20. The number of ether oxygens (including phenoxy) is 1. The largest absolute Gasteiger partial charge is 0.497 e. The van der Waals surface area contributed by atoms with Crippen LogP contribution in [0.1, 0.15) is 24.3 Å². The molecular weight excluding hydrogens is 332 g/mol. The Morgan fingerprint density at radius 3 is 2.81 bits per heavy atom. The molecule has 2 aromatic heterocycles. The molecule has 7 heteroatoms. The average Bonchev–Trinajstić information content (AvgIpc) is 3.16. The molecule has 0 spiro atoms. The normalized spacial score (nSPS) is 10.5. The van der Waals surface area contributed by atoms with Crippen LogP contribution in [-0.4, -0.2) is 28.1 Å². The first kappa shape index (κ1) is 17.6. The van der Waals surface area contributed by atoms with Crippen molar-refractivity contribution >= 4 is 5.91 Å². The Labute approximate surface area is 151 Å². The molecule has 26 heavy (non-hydrogen) atoms. The van der Waals surface area contributed by atoms with Gasteiger partial charge in [0.1, 0.15) is 5.75 Å². The summed E-state index contributed by atoms with van der Waals surface area (Å²) in [5.41, 5.74) is 1.83. The molecule has 0 radical (unpaired) electrons. The molecule has 0 saturated carbocycles. The second-order valence-electron chi connectivity index (χ2n) is 5.73. The highest BCUT2D eigenvalue weighted by molar-refractivity contribution is 5.75. The number of rotatable bonds is 8. The predicted molar refractivity (Wildman–Crippen MR) is 95.3 cm³/mol. The van der Waals surface area contributed by atoms with Crippen molar-refractivity contribution in [2.45, 2.75) is 25.8 Å². The minimum absolute atomic E-state index is 0.0104. The Morgan fingerprint density at radius 1 is 1.23 bits per heavy atom. The lowest BCUT2D eigenvalue weighted by atomic mass is 10.2. The molecule has 1 amide bonds. The van der Waals surface area contributed by atoms with Gasteiger partial charge in [-0.2, -0.15) is 4.98 Å². The van der Waals surface area contributed by atoms with Gasteiger partial charge in [0.05, 0.1) is 7.11 Å². The van der Waals surface area contributed by atoms with Crippen LogP contribution in [0.25, 0.3) is 11.4 Å². The Balaban J connectivity index is 1.43. The van der Waals surface area contributed by atoms with Crippen molar-refractivity contribution in [3.63, 3.8) is 0 Å². The molecule has 1 aromatic carbocycles. The molecule has 0 aliphatic rings. The van der Waals surface area contributed by atoms with Crippen LogP contribution in [0.15, 0.2) is 53.3 Å². The molecule has 0 unspecified atom stereocenters. The zero-order chi connectivity index (χ0) is 18.2. The molecule has 0 fully saturated rings. The van der Waals surface area contributed by atoms with Crippen LogP contribution in [0.4, 0.5) is 0 Å². The monoisotopic (exact) mass is 352 g/mol. The minimum Gasteiger partial charge on any atom is -0.497 e. The molecule has 3 rings (SSSR count). The van der Waals surface area contributed by atoms with Gasteiger partial charge in [-0.15, -0.1) is 0 Å². The van der Waals surface area contributed by atoms with Crippen LogP contribution in [0.2, 0.25) is 0 Å². The lowest BCUT2D eigenvalue weighted by Crippen LogP contribution is -2.22. The quantitative estimate of drug-likeness (QED) is 0.670. The summed E-state index contributed by atoms with van der Waals surface area (Å²) in [6.07, 6.45) is 5.04. The van der Waals surface area contributed by atoms with Crippen molar-refractivity contribution in [2.75, 3.05) is 7.11 Å². The fourth-order valence-electron chi connectivity index (χ4n) is 2.41. The summed E-state index contributed by atoms with van der Waals surface area (Å²) in [6, 6.07) is 11.2. The van der Waals surface area contributed by atoms with Crippen molar-refractivity contribution in [1.82, 2.24) is 20.4 Å². The van der Waals surface area contributed by atoms with Gasteiger partial charge in [-0.25, -0.2) is 0 Å². The summed E-state index contributed by atoms with van der Waals surface area (Å²) in [6.45, 7) is 0.481. The summed E-state index contributed by atoms with van der Waals surface area (Å²) < 4.78 is 10.4. The number of aryl methyl sites for hydroxylation is 1. The van der Waals surface area contributed by atoms with Gasteiger partial charge >= 0.3 is 0 Å². The first-order valence-electron chi connectivity index (χ1n) is 8.37. The fraction of sp³-hybridized carbons (Fsp3) is 0.263. The third kappa shape index (κ3) is 4.89. The van der Waals surface area contributed by atoms with Crippen molar-refractivity contribution < 1.29 is 14.1 Å². The highest BCUT2D eigenvalue weighted by atomic mass is 16.5. The SMILES string of the molecule is COc1ccc(-c2noc(CCCC(=O)NCc3cccnc3)n2)cc1. The van der Waals surface area contributed by atoms with Crippen LogP contribution in [-0.2, 0) is 17.8 Å². The molecule has 7 nitrogen and oxygen atoms in total. The van der Waals surface area contributed by atoms with Crippen LogP contribution < -0.4 is 10.1 Å². The summed E-state index contributed by atoms with van der Waals surface area (Å²) in [5.74, 6) is 1.82. The van der Waals surface area contributed by atoms with Crippen molar-refractivity contribution in [1.29, 1.82) is 0 Å². The van der Waals surface area contributed by atoms with Crippen LogP contribution in [0, 0.1) is 0 Å². The van der Waals surface area contributed by atoms with Gasteiger partial charge in [-0.05, 0) is 42.3 Å². The molecule has 0 atom stereocenters. The lowest BCUT2D eigenvalue weighted by Gasteiger charge is -2.04. The van der Waals surface area contributed by atoms with E-state index in [1.165, 1.54) is 0 Å². The Bertz CT molecular complexity index is 832. The van der Waals surface area contributed by atoms with Gasteiger partial charge in [-0.1, -0.05) is 11.2 Å².